The van der Waals surface area contributed by atoms with Gasteiger partial charge in [0, 0.05) is 6.04 Å². The maximum Gasteiger partial charge on any atom is 0.222 e. The Balaban J connectivity index is 2.12. The highest BCUT2D eigenvalue weighted by atomic mass is 32.2. The van der Waals surface area contributed by atoms with Gasteiger partial charge in [-0.2, -0.15) is 11.8 Å². The Morgan fingerprint density at radius 1 is 1.53 bits per heavy atom. The van der Waals surface area contributed by atoms with E-state index in [-0.39, 0.29) is 11.8 Å². The van der Waals surface area contributed by atoms with Gasteiger partial charge in [0.25, 0.3) is 0 Å². The van der Waals surface area contributed by atoms with Gasteiger partial charge in [0.15, 0.2) is 0 Å². The first-order chi connectivity index (χ1) is 7.25. The second-order valence-corrected chi connectivity index (χ2v) is 5.44. The molecule has 88 valence electrons. The van der Waals surface area contributed by atoms with Gasteiger partial charge in [-0.15, -0.1) is 0 Å². The Morgan fingerprint density at radius 3 is 3.00 bits per heavy atom. The summed E-state index contributed by atoms with van der Waals surface area (Å²) in [6, 6.07) is 0.342. The number of hydrogen-bond donors (Lipinski definition) is 2. The molecule has 0 aromatic rings. The third-order valence-electron chi connectivity index (χ3n) is 2.96. The second-order valence-electron chi connectivity index (χ2n) is 4.05. The molecule has 0 aromatic carbocycles. The minimum Gasteiger partial charge on any atom is -0.369 e. The molecule has 1 rings (SSSR count). The zero-order valence-electron chi connectivity index (χ0n) is 9.50. The lowest BCUT2D eigenvalue weighted by Crippen LogP contribution is -2.39. The van der Waals surface area contributed by atoms with Gasteiger partial charge in [0.05, 0.1) is 5.92 Å². The largest absolute Gasteiger partial charge is 0.369 e. The first kappa shape index (κ1) is 12.8. The highest BCUT2D eigenvalue weighted by Crippen LogP contribution is 2.25. The molecular weight excluding hydrogens is 208 g/mol. The van der Waals surface area contributed by atoms with Crippen molar-refractivity contribution in [2.24, 2.45) is 11.7 Å². The Bertz CT molecular complexity index is 199. The molecule has 0 bridgehead atoms. The Labute approximate surface area is 96.6 Å². The summed E-state index contributed by atoms with van der Waals surface area (Å²) in [5, 5.41) is 3.46. The summed E-state index contributed by atoms with van der Waals surface area (Å²) in [5.41, 5.74) is 5.36. The van der Waals surface area contributed by atoms with Crippen LogP contribution in [0.15, 0.2) is 0 Å². The summed E-state index contributed by atoms with van der Waals surface area (Å²) >= 11 is 1.97. The molecule has 15 heavy (non-hydrogen) atoms. The Kier molecular flexibility index (Phi) is 6.10. The molecule has 3 N–H and O–H groups in total. The number of amides is 1. The van der Waals surface area contributed by atoms with E-state index in [2.05, 4.69) is 12.2 Å². The molecule has 4 heteroatoms. The molecule has 0 radical (unpaired) electrons. The van der Waals surface area contributed by atoms with Gasteiger partial charge >= 0.3 is 0 Å². The average molecular weight is 230 g/mol. The van der Waals surface area contributed by atoms with Crippen LogP contribution in [0.3, 0.4) is 0 Å². The van der Waals surface area contributed by atoms with Crippen LogP contribution in [0, 0.1) is 5.92 Å². The van der Waals surface area contributed by atoms with E-state index in [9.17, 15) is 4.79 Å². The number of nitrogens with one attached hydrogen (secondary N) is 1. The van der Waals surface area contributed by atoms with Crippen LogP contribution < -0.4 is 11.1 Å². The fourth-order valence-corrected chi connectivity index (χ4v) is 2.79. The van der Waals surface area contributed by atoms with Crippen molar-refractivity contribution in [2.45, 2.75) is 38.6 Å². The van der Waals surface area contributed by atoms with E-state index in [0.717, 1.165) is 25.8 Å². The van der Waals surface area contributed by atoms with Crippen LogP contribution in [-0.4, -0.2) is 30.0 Å². The molecule has 0 saturated heterocycles. The van der Waals surface area contributed by atoms with Crippen LogP contribution in [-0.2, 0) is 4.79 Å². The van der Waals surface area contributed by atoms with Crippen molar-refractivity contribution in [3.05, 3.63) is 0 Å². The SMILES string of the molecule is CCSCCCNC1CCCC1C(N)=O. The lowest BCUT2D eigenvalue weighted by atomic mass is 10.0. The van der Waals surface area contributed by atoms with Crippen LogP contribution in [0.4, 0.5) is 0 Å². The van der Waals surface area contributed by atoms with Crippen LogP contribution >= 0.6 is 11.8 Å². The molecule has 1 amide bonds. The highest BCUT2D eigenvalue weighted by Gasteiger charge is 2.30. The summed E-state index contributed by atoms with van der Waals surface area (Å²) < 4.78 is 0. The minimum absolute atomic E-state index is 0.0730. The maximum atomic E-state index is 11.1. The molecule has 0 aromatic heterocycles. The number of thioether (sulfide) groups is 1. The van der Waals surface area contributed by atoms with Crippen molar-refractivity contribution in [2.75, 3.05) is 18.1 Å². The molecule has 1 fully saturated rings. The van der Waals surface area contributed by atoms with Crippen LogP contribution in [0.2, 0.25) is 0 Å². The van der Waals surface area contributed by atoms with E-state index in [4.69, 9.17) is 5.73 Å². The highest BCUT2D eigenvalue weighted by molar-refractivity contribution is 7.99. The van der Waals surface area contributed by atoms with Gasteiger partial charge in [-0.05, 0) is 37.3 Å². The first-order valence-corrected chi connectivity index (χ1v) is 7.01. The van der Waals surface area contributed by atoms with Crippen molar-refractivity contribution in [3.63, 3.8) is 0 Å². The number of carbonyl (C=O) groups excluding carboxylic acids is 1. The molecule has 0 heterocycles. The lowest BCUT2D eigenvalue weighted by molar-refractivity contribution is -0.122. The third-order valence-corrected chi connectivity index (χ3v) is 3.94. The van der Waals surface area contributed by atoms with Crippen LogP contribution in [0.5, 0.6) is 0 Å². The van der Waals surface area contributed by atoms with Crippen molar-refractivity contribution >= 4 is 17.7 Å². The van der Waals surface area contributed by atoms with E-state index >= 15 is 0 Å². The molecule has 2 atom stereocenters. The smallest absolute Gasteiger partial charge is 0.222 e. The number of primary amides is 1. The summed E-state index contributed by atoms with van der Waals surface area (Å²) in [6.07, 6.45) is 4.39. The van der Waals surface area contributed by atoms with Crippen molar-refractivity contribution in [1.82, 2.24) is 5.32 Å². The number of hydrogen-bond acceptors (Lipinski definition) is 3. The molecule has 0 aliphatic heterocycles. The zero-order valence-corrected chi connectivity index (χ0v) is 10.3. The number of carbonyl (C=O) groups is 1. The maximum absolute atomic E-state index is 11.1. The number of rotatable bonds is 7. The molecule has 1 saturated carbocycles. The van der Waals surface area contributed by atoms with E-state index in [1.54, 1.807) is 0 Å². The fraction of sp³-hybridized carbons (Fsp3) is 0.909. The predicted molar refractivity (Wildman–Crippen MR) is 65.9 cm³/mol. The van der Waals surface area contributed by atoms with Crippen molar-refractivity contribution in [3.8, 4) is 0 Å². The first-order valence-electron chi connectivity index (χ1n) is 5.86. The zero-order chi connectivity index (χ0) is 11.1. The van der Waals surface area contributed by atoms with Gasteiger partial charge in [0.1, 0.15) is 0 Å². The minimum atomic E-state index is -0.132. The monoisotopic (exact) mass is 230 g/mol. The Morgan fingerprint density at radius 2 is 2.33 bits per heavy atom. The summed E-state index contributed by atoms with van der Waals surface area (Å²) in [6.45, 7) is 3.19. The van der Waals surface area contributed by atoms with E-state index < -0.39 is 0 Å². The summed E-state index contributed by atoms with van der Waals surface area (Å²) in [5.74, 6) is 2.34. The topological polar surface area (TPSA) is 55.1 Å². The van der Waals surface area contributed by atoms with E-state index in [0.29, 0.717) is 6.04 Å². The fourth-order valence-electron chi connectivity index (χ4n) is 2.15. The molecular formula is C11H22N2OS. The van der Waals surface area contributed by atoms with Gasteiger partial charge < -0.3 is 11.1 Å². The molecule has 3 nitrogen and oxygen atoms in total. The van der Waals surface area contributed by atoms with Crippen LogP contribution in [0.25, 0.3) is 0 Å². The van der Waals surface area contributed by atoms with Gasteiger partial charge in [0.2, 0.25) is 5.91 Å². The molecule has 1 aliphatic rings. The van der Waals surface area contributed by atoms with Crippen molar-refractivity contribution in [1.29, 1.82) is 0 Å². The predicted octanol–water partition coefficient (Wildman–Crippen LogP) is 1.37. The average Bonchev–Trinajstić information content (AvgIpc) is 2.66. The number of nitrogens with two attached hydrogens (primary N) is 1. The quantitative estimate of drug-likeness (QED) is 0.650. The lowest BCUT2D eigenvalue weighted by Gasteiger charge is -2.18. The van der Waals surface area contributed by atoms with Crippen molar-refractivity contribution < 1.29 is 4.79 Å². The van der Waals surface area contributed by atoms with Gasteiger partial charge in [-0.25, -0.2) is 0 Å². The van der Waals surface area contributed by atoms with Gasteiger partial charge in [-0.1, -0.05) is 13.3 Å². The standard InChI is InChI=1S/C11H22N2OS/c1-2-15-8-4-7-13-10-6-3-5-9(10)11(12)14/h9-10,13H,2-8H2,1H3,(H2,12,14). The summed E-state index contributed by atoms with van der Waals surface area (Å²) in [7, 11) is 0. The normalized spacial score (nSPS) is 25.7. The van der Waals surface area contributed by atoms with Crippen LogP contribution in [0.1, 0.15) is 32.6 Å². The third kappa shape index (κ3) is 4.43. The summed E-state index contributed by atoms with van der Waals surface area (Å²) in [4.78, 5) is 11.1. The van der Waals surface area contributed by atoms with E-state index in [1.807, 2.05) is 11.8 Å². The van der Waals surface area contributed by atoms with E-state index in [1.165, 1.54) is 17.9 Å². The second kappa shape index (κ2) is 7.12. The molecule has 0 spiro atoms. The Hall–Kier alpha value is -0.220. The molecule has 2 unspecified atom stereocenters. The molecule has 1 aliphatic carbocycles. The van der Waals surface area contributed by atoms with Gasteiger partial charge in [-0.3, -0.25) is 4.79 Å².